The molecule has 0 aliphatic rings. The van der Waals surface area contributed by atoms with Gasteiger partial charge in [-0.05, 0) is 13.3 Å². The van der Waals surface area contributed by atoms with Crippen LogP contribution in [0.25, 0.3) is 0 Å². The van der Waals surface area contributed by atoms with Gasteiger partial charge >= 0.3 is 12.0 Å². The van der Waals surface area contributed by atoms with Crippen molar-refractivity contribution in [2.24, 2.45) is 0 Å². The van der Waals surface area contributed by atoms with E-state index in [1.807, 2.05) is 0 Å². The highest BCUT2D eigenvalue weighted by Crippen LogP contribution is 2.01. The van der Waals surface area contributed by atoms with E-state index in [2.05, 4.69) is 20.8 Å². The minimum absolute atomic E-state index is 0.187. The Bertz CT molecular complexity index is 610. The molecule has 0 aromatic carbocycles. The predicted octanol–water partition coefficient (Wildman–Crippen LogP) is -0.595. The van der Waals surface area contributed by atoms with E-state index in [0.717, 1.165) is 17.5 Å². The minimum atomic E-state index is -3.29. The zero-order valence-corrected chi connectivity index (χ0v) is 12.5. The molecule has 1 aromatic rings. The third-order valence-electron chi connectivity index (χ3n) is 2.75. The van der Waals surface area contributed by atoms with Crippen LogP contribution in [-0.2, 0) is 21.2 Å². The molecule has 9 nitrogen and oxygen atoms in total. The van der Waals surface area contributed by atoms with Crippen LogP contribution in [0.4, 0.5) is 4.79 Å². The van der Waals surface area contributed by atoms with Crippen molar-refractivity contribution in [2.45, 2.75) is 25.9 Å². The van der Waals surface area contributed by atoms with Crippen molar-refractivity contribution in [3.05, 3.63) is 17.5 Å². The summed E-state index contributed by atoms with van der Waals surface area (Å²) in [5, 5.41) is 20.2. The van der Waals surface area contributed by atoms with E-state index in [9.17, 15) is 18.0 Å². The lowest BCUT2D eigenvalue weighted by Gasteiger charge is -2.14. The van der Waals surface area contributed by atoms with Crippen LogP contribution in [0.3, 0.4) is 0 Å². The summed E-state index contributed by atoms with van der Waals surface area (Å²) in [6, 6.07) is -1.94. The summed E-state index contributed by atoms with van der Waals surface area (Å²) in [6.07, 6.45) is 2.37. The van der Waals surface area contributed by atoms with E-state index >= 15 is 0 Å². The monoisotopic (exact) mass is 318 g/mol. The third-order valence-corrected chi connectivity index (χ3v) is 3.73. The van der Waals surface area contributed by atoms with Crippen molar-refractivity contribution in [3.8, 4) is 0 Å². The summed E-state index contributed by atoms with van der Waals surface area (Å²) in [4.78, 5) is 22.6. The fourth-order valence-electron chi connectivity index (χ4n) is 1.53. The second-order valence-electron chi connectivity index (χ2n) is 4.66. The number of aromatic nitrogens is 2. The highest BCUT2D eigenvalue weighted by Gasteiger charge is 2.21. The Balaban J connectivity index is 2.49. The maximum atomic E-state index is 11.6. The number of aliphatic carboxylic acids is 1. The second-order valence-corrected chi connectivity index (χ2v) is 6.92. The van der Waals surface area contributed by atoms with Gasteiger partial charge in [-0.1, -0.05) is 0 Å². The molecule has 1 heterocycles. The number of carbonyl (C=O) groups is 2. The molecule has 0 aliphatic heterocycles. The van der Waals surface area contributed by atoms with Crippen molar-refractivity contribution in [2.75, 3.05) is 12.0 Å². The highest BCUT2D eigenvalue weighted by molar-refractivity contribution is 7.90. The Morgan fingerprint density at radius 3 is 2.62 bits per heavy atom. The molecule has 0 aliphatic carbocycles. The normalized spacial score (nSPS) is 12.7. The van der Waals surface area contributed by atoms with Crippen LogP contribution >= 0.6 is 0 Å². The first-order valence-electron chi connectivity index (χ1n) is 6.13. The van der Waals surface area contributed by atoms with Gasteiger partial charge in [0.1, 0.15) is 15.9 Å². The number of nitrogens with one attached hydrogen (secondary N) is 3. The number of aryl methyl sites for hydroxylation is 1. The fourth-order valence-corrected chi connectivity index (χ4v) is 2.19. The largest absolute Gasteiger partial charge is 0.480 e. The van der Waals surface area contributed by atoms with Gasteiger partial charge in [-0.2, -0.15) is 5.10 Å². The number of carboxylic acid groups (broad SMARTS) is 1. The average molecular weight is 318 g/mol. The number of amides is 2. The molecule has 4 N–H and O–H groups in total. The molecular weight excluding hydrogens is 300 g/mol. The number of sulfone groups is 1. The standard InChI is InChI=1S/C11H18N4O5S/c1-7-8(6-13-15-7)5-12-11(18)14-9(10(16)17)3-4-21(2,19)20/h6,9H,3-5H2,1-2H3,(H,13,15)(H,16,17)(H2,12,14,18). The summed E-state index contributed by atoms with van der Waals surface area (Å²) in [6.45, 7) is 1.97. The first kappa shape index (κ1) is 17.0. The number of H-pyrrole nitrogens is 1. The van der Waals surface area contributed by atoms with Crippen LogP contribution in [0.5, 0.6) is 0 Å². The number of hydrogen-bond acceptors (Lipinski definition) is 5. The van der Waals surface area contributed by atoms with Crippen molar-refractivity contribution in [3.63, 3.8) is 0 Å². The second kappa shape index (κ2) is 7.07. The number of aromatic amines is 1. The topological polar surface area (TPSA) is 141 Å². The summed E-state index contributed by atoms with van der Waals surface area (Å²) in [5.74, 6) is -1.60. The molecule has 118 valence electrons. The zero-order chi connectivity index (χ0) is 16.0. The molecule has 2 amide bonds. The van der Waals surface area contributed by atoms with E-state index in [1.54, 1.807) is 13.1 Å². The number of carbonyl (C=O) groups excluding carboxylic acids is 1. The van der Waals surface area contributed by atoms with Gasteiger partial charge < -0.3 is 15.7 Å². The quantitative estimate of drug-likeness (QED) is 0.529. The third kappa shape index (κ3) is 6.25. The summed E-state index contributed by atoms with van der Waals surface area (Å²) in [7, 11) is -3.29. The van der Waals surface area contributed by atoms with E-state index < -0.39 is 27.9 Å². The highest BCUT2D eigenvalue weighted by atomic mass is 32.2. The van der Waals surface area contributed by atoms with E-state index in [0.29, 0.717) is 0 Å². The van der Waals surface area contributed by atoms with Crippen LogP contribution in [0.1, 0.15) is 17.7 Å². The van der Waals surface area contributed by atoms with Crippen LogP contribution < -0.4 is 10.6 Å². The van der Waals surface area contributed by atoms with Crippen molar-refractivity contribution >= 4 is 21.8 Å². The number of nitrogens with zero attached hydrogens (tertiary/aromatic N) is 1. The summed E-state index contributed by atoms with van der Waals surface area (Å²) in [5.41, 5.74) is 1.57. The smallest absolute Gasteiger partial charge is 0.326 e. The van der Waals surface area contributed by atoms with Crippen molar-refractivity contribution < 1.29 is 23.1 Å². The Morgan fingerprint density at radius 2 is 2.14 bits per heavy atom. The SMILES string of the molecule is Cc1[nH]ncc1CNC(=O)NC(CCS(C)(=O)=O)C(=O)O. The molecule has 1 unspecified atom stereocenters. The molecule has 0 radical (unpaired) electrons. The Hall–Kier alpha value is -2.10. The van der Waals surface area contributed by atoms with Crippen LogP contribution in [0.15, 0.2) is 6.20 Å². The predicted molar refractivity (Wildman–Crippen MR) is 74.4 cm³/mol. The molecule has 0 fully saturated rings. The number of rotatable bonds is 7. The molecule has 21 heavy (non-hydrogen) atoms. The molecule has 1 aromatic heterocycles. The lowest BCUT2D eigenvalue weighted by atomic mass is 10.2. The minimum Gasteiger partial charge on any atom is -0.480 e. The molecule has 10 heteroatoms. The van der Waals surface area contributed by atoms with Gasteiger partial charge in [0.15, 0.2) is 0 Å². The fraction of sp³-hybridized carbons (Fsp3) is 0.545. The van der Waals surface area contributed by atoms with Gasteiger partial charge in [-0.3, -0.25) is 5.10 Å². The molecular formula is C11H18N4O5S. The van der Waals surface area contributed by atoms with E-state index in [-0.39, 0.29) is 18.7 Å². The Labute approximate surface area is 122 Å². The maximum Gasteiger partial charge on any atom is 0.326 e. The maximum absolute atomic E-state index is 11.6. The molecule has 0 bridgehead atoms. The molecule has 1 atom stereocenters. The van der Waals surface area contributed by atoms with E-state index in [4.69, 9.17) is 5.11 Å². The van der Waals surface area contributed by atoms with Gasteiger partial charge in [-0.25, -0.2) is 18.0 Å². The number of urea groups is 1. The molecule has 0 saturated heterocycles. The van der Waals surface area contributed by atoms with Gasteiger partial charge in [0.25, 0.3) is 0 Å². The lowest BCUT2D eigenvalue weighted by Crippen LogP contribution is -2.46. The lowest BCUT2D eigenvalue weighted by molar-refractivity contribution is -0.139. The average Bonchev–Trinajstić information content (AvgIpc) is 2.76. The molecule has 1 rings (SSSR count). The molecule has 0 spiro atoms. The Kier molecular flexibility index (Phi) is 5.70. The first-order chi connectivity index (χ1) is 9.69. The van der Waals surface area contributed by atoms with Gasteiger partial charge in [0.05, 0.1) is 11.9 Å². The van der Waals surface area contributed by atoms with E-state index in [1.165, 1.54) is 0 Å². The van der Waals surface area contributed by atoms with Gasteiger partial charge in [-0.15, -0.1) is 0 Å². The van der Waals surface area contributed by atoms with Crippen LogP contribution in [0, 0.1) is 6.92 Å². The van der Waals surface area contributed by atoms with Gasteiger partial charge in [0, 0.05) is 24.1 Å². The number of hydrogen-bond donors (Lipinski definition) is 4. The Morgan fingerprint density at radius 1 is 1.48 bits per heavy atom. The van der Waals surface area contributed by atoms with Crippen LogP contribution in [-0.4, -0.2) is 53.8 Å². The summed E-state index contributed by atoms with van der Waals surface area (Å²) < 4.78 is 22.1. The summed E-state index contributed by atoms with van der Waals surface area (Å²) >= 11 is 0. The first-order valence-corrected chi connectivity index (χ1v) is 8.19. The number of carboxylic acids is 1. The zero-order valence-electron chi connectivity index (χ0n) is 11.7. The van der Waals surface area contributed by atoms with Crippen molar-refractivity contribution in [1.82, 2.24) is 20.8 Å². The molecule has 0 saturated carbocycles. The van der Waals surface area contributed by atoms with Gasteiger partial charge in [0.2, 0.25) is 0 Å². The van der Waals surface area contributed by atoms with Crippen molar-refractivity contribution in [1.29, 1.82) is 0 Å². The van der Waals surface area contributed by atoms with Crippen LogP contribution in [0.2, 0.25) is 0 Å².